The molecule has 0 aliphatic carbocycles. The first-order chi connectivity index (χ1) is 10.1. The van der Waals surface area contributed by atoms with Crippen LogP contribution in [-0.2, 0) is 16.1 Å². The van der Waals surface area contributed by atoms with E-state index in [2.05, 4.69) is 5.32 Å². The number of carbonyl (C=O) groups is 3. The fraction of sp³-hybridized carbons (Fsp3) is 0.400. The summed E-state index contributed by atoms with van der Waals surface area (Å²) in [5.74, 6) is -0.732. The molecule has 1 aromatic carbocycles. The van der Waals surface area contributed by atoms with Crippen LogP contribution in [0.1, 0.15) is 35.7 Å². The second kappa shape index (κ2) is 6.39. The third-order valence-electron chi connectivity index (χ3n) is 3.44. The Bertz CT molecular complexity index is 571. The van der Waals surface area contributed by atoms with E-state index in [4.69, 9.17) is 4.74 Å². The summed E-state index contributed by atoms with van der Waals surface area (Å²) >= 11 is 0. The Morgan fingerprint density at radius 2 is 2.05 bits per heavy atom. The number of methoxy groups -OCH3 is 1. The van der Waals surface area contributed by atoms with E-state index >= 15 is 0 Å². The van der Waals surface area contributed by atoms with Crippen LogP contribution in [0.15, 0.2) is 24.3 Å². The molecule has 1 N–H and O–H groups in total. The zero-order valence-electron chi connectivity index (χ0n) is 12.1. The van der Waals surface area contributed by atoms with Gasteiger partial charge in [-0.05, 0) is 18.1 Å². The lowest BCUT2D eigenvalue weighted by atomic mass is 10.1. The molecule has 1 aliphatic heterocycles. The average Bonchev–Trinajstić information content (AvgIpc) is 2.75. The number of hydrogen-bond donors (Lipinski definition) is 1. The van der Waals surface area contributed by atoms with Gasteiger partial charge in [-0.3, -0.25) is 9.69 Å². The summed E-state index contributed by atoms with van der Waals surface area (Å²) in [6, 6.07) is 5.90. The predicted octanol–water partition coefficient (Wildman–Crippen LogP) is 1.69. The molecule has 1 aliphatic rings. The zero-order chi connectivity index (χ0) is 15.4. The first kappa shape index (κ1) is 15.0. The second-order valence-electron chi connectivity index (χ2n) is 4.86. The normalized spacial score (nSPS) is 17.8. The minimum atomic E-state index is -0.484. The maximum atomic E-state index is 12.2. The number of esters is 1. The van der Waals surface area contributed by atoms with Crippen LogP contribution >= 0.6 is 0 Å². The summed E-state index contributed by atoms with van der Waals surface area (Å²) < 4.78 is 4.71. The fourth-order valence-electron chi connectivity index (χ4n) is 2.35. The van der Waals surface area contributed by atoms with Gasteiger partial charge >= 0.3 is 12.0 Å². The summed E-state index contributed by atoms with van der Waals surface area (Å²) in [7, 11) is 1.30. The molecular formula is C15H18N2O4. The van der Waals surface area contributed by atoms with Crippen molar-refractivity contribution in [2.45, 2.75) is 32.4 Å². The minimum absolute atomic E-state index is 0.0656. The molecule has 1 aromatic rings. The summed E-state index contributed by atoms with van der Waals surface area (Å²) in [5, 5.41) is 2.66. The molecule has 0 saturated carbocycles. The van der Waals surface area contributed by atoms with Gasteiger partial charge in [0.1, 0.15) is 6.04 Å². The van der Waals surface area contributed by atoms with Gasteiger partial charge < -0.3 is 10.1 Å². The molecule has 0 radical (unpaired) electrons. The number of nitrogens with zero attached hydrogens (tertiary/aromatic N) is 1. The van der Waals surface area contributed by atoms with Crippen molar-refractivity contribution in [1.82, 2.24) is 10.2 Å². The van der Waals surface area contributed by atoms with Gasteiger partial charge in [0.25, 0.3) is 5.91 Å². The molecule has 112 valence electrons. The van der Waals surface area contributed by atoms with E-state index in [-0.39, 0.29) is 12.5 Å². The Kier molecular flexibility index (Phi) is 4.57. The van der Waals surface area contributed by atoms with E-state index in [9.17, 15) is 14.4 Å². The van der Waals surface area contributed by atoms with Gasteiger partial charge in [0.15, 0.2) is 0 Å². The maximum Gasteiger partial charge on any atom is 0.338 e. The van der Waals surface area contributed by atoms with E-state index in [0.717, 1.165) is 11.3 Å². The number of hydrogen-bond acceptors (Lipinski definition) is 4. The number of rotatable bonds is 5. The Labute approximate surface area is 123 Å². The topological polar surface area (TPSA) is 75.7 Å². The van der Waals surface area contributed by atoms with Crippen LogP contribution < -0.4 is 5.32 Å². The van der Waals surface area contributed by atoms with Gasteiger partial charge in [0.2, 0.25) is 0 Å². The molecule has 0 aromatic heterocycles. The molecule has 6 nitrogen and oxygen atoms in total. The van der Waals surface area contributed by atoms with Gasteiger partial charge in [-0.2, -0.15) is 0 Å². The molecule has 0 bridgehead atoms. The summed E-state index contributed by atoms with van der Waals surface area (Å²) in [5.41, 5.74) is 0.949. The average molecular weight is 290 g/mol. The molecule has 6 heteroatoms. The smallest absolute Gasteiger partial charge is 0.338 e. The third kappa shape index (κ3) is 3.04. The van der Waals surface area contributed by atoms with Crippen LogP contribution in [0.5, 0.6) is 0 Å². The first-order valence-corrected chi connectivity index (χ1v) is 6.86. The molecule has 1 heterocycles. The number of carbonyl (C=O) groups excluding carboxylic acids is 3. The molecule has 1 unspecified atom stereocenters. The molecule has 2 rings (SSSR count). The molecular weight excluding hydrogens is 272 g/mol. The van der Waals surface area contributed by atoms with Crippen LogP contribution in [0, 0.1) is 0 Å². The largest absolute Gasteiger partial charge is 0.465 e. The Morgan fingerprint density at radius 3 is 2.71 bits per heavy atom. The molecule has 0 spiro atoms. The number of ether oxygens (including phenoxy) is 1. The number of nitrogens with one attached hydrogen (secondary N) is 1. The molecule has 3 amide bonds. The molecule has 1 saturated heterocycles. The lowest BCUT2D eigenvalue weighted by Gasteiger charge is -2.15. The molecule has 21 heavy (non-hydrogen) atoms. The Balaban J connectivity index is 2.21. The van der Waals surface area contributed by atoms with Gasteiger partial charge in [0, 0.05) is 0 Å². The number of urea groups is 1. The third-order valence-corrected chi connectivity index (χ3v) is 3.44. The second-order valence-corrected chi connectivity index (χ2v) is 4.86. The van der Waals surface area contributed by atoms with E-state index in [0.29, 0.717) is 17.5 Å². The zero-order valence-corrected chi connectivity index (χ0v) is 12.1. The highest BCUT2D eigenvalue weighted by molar-refractivity contribution is 6.04. The monoisotopic (exact) mass is 290 g/mol. The summed E-state index contributed by atoms with van der Waals surface area (Å²) in [6.45, 7) is 2.02. The van der Waals surface area contributed by atoms with E-state index in [1.807, 2.05) is 6.92 Å². The summed E-state index contributed by atoms with van der Waals surface area (Å²) in [6.07, 6.45) is 1.42. The maximum absolute atomic E-state index is 12.2. The van der Waals surface area contributed by atoms with Crippen molar-refractivity contribution in [2.75, 3.05) is 7.11 Å². The highest BCUT2D eigenvalue weighted by atomic mass is 16.5. The Hall–Kier alpha value is -2.37. The predicted molar refractivity (Wildman–Crippen MR) is 75.6 cm³/mol. The summed E-state index contributed by atoms with van der Waals surface area (Å²) in [4.78, 5) is 36.9. The van der Waals surface area contributed by atoms with E-state index < -0.39 is 18.0 Å². The number of imide groups is 1. The first-order valence-electron chi connectivity index (χ1n) is 6.86. The fourth-order valence-corrected chi connectivity index (χ4v) is 2.35. The van der Waals surface area contributed by atoms with Crippen molar-refractivity contribution in [3.8, 4) is 0 Å². The quantitative estimate of drug-likeness (QED) is 0.661. The highest BCUT2D eigenvalue weighted by Crippen LogP contribution is 2.18. The minimum Gasteiger partial charge on any atom is -0.465 e. The number of amides is 3. The van der Waals surface area contributed by atoms with Crippen LogP contribution in [0.25, 0.3) is 0 Å². The van der Waals surface area contributed by atoms with Crippen LogP contribution in [-0.4, -0.2) is 36.0 Å². The Morgan fingerprint density at radius 1 is 1.33 bits per heavy atom. The van der Waals surface area contributed by atoms with Crippen molar-refractivity contribution in [3.63, 3.8) is 0 Å². The van der Waals surface area contributed by atoms with Gasteiger partial charge in [0.05, 0.1) is 19.2 Å². The van der Waals surface area contributed by atoms with Gasteiger partial charge in [-0.25, -0.2) is 9.59 Å². The highest BCUT2D eigenvalue weighted by Gasteiger charge is 2.37. The van der Waals surface area contributed by atoms with Crippen molar-refractivity contribution in [3.05, 3.63) is 35.4 Å². The lowest BCUT2D eigenvalue weighted by Crippen LogP contribution is -2.31. The van der Waals surface area contributed by atoms with Gasteiger partial charge in [-0.1, -0.05) is 31.5 Å². The van der Waals surface area contributed by atoms with E-state index in [1.54, 1.807) is 24.3 Å². The van der Waals surface area contributed by atoms with Crippen LogP contribution in [0.3, 0.4) is 0 Å². The van der Waals surface area contributed by atoms with Crippen LogP contribution in [0.2, 0.25) is 0 Å². The van der Waals surface area contributed by atoms with Crippen molar-refractivity contribution in [1.29, 1.82) is 0 Å². The van der Waals surface area contributed by atoms with Gasteiger partial charge in [-0.15, -0.1) is 0 Å². The SMILES string of the molecule is CCCC1NC(=O)N(Cc2ccccc2C(=O)OC)C1=O. The number of benzene rings is 1. The lowest BCUT2D eigenvalue weighted by molar-refractivity contribution is -0.128. The molecule has 1 fully saturated rings. The van der Waals surface area contributed by atoms with Crippen molar-refractivity contribution < 1.29 is 19.1 Å². The molecule has 1 atom stereocenters. The standard InChI is InChI=1S/C15H18N2O4/c1-3-6-12-13(18)17(15(20)16-12)9-10-7-4-5-8-11(10)14(19)21-2/h4-5,7-8,12H,3,6,9H2,1-2H3,(H,16,20). The van der Waals surface area contributed by atoms with Crippen molar-refractivity contribution >= 4 is 17.9 Å². The van der Waals surface area contributed by atoms with E-state index in [1.165, 1.54) is 7.11 Å². The van der Waals surface area contributed by atoms with Crippen molar-refractivity contribution in [2.24, 2.45) is 0 Å². The van der Waals surface area contributed by atoms with Crippen LogP contribution in [0.4, 0.5) is 4.79 Å².